The van der Waals surface area contributed by atoms with Crippen LogP contribution < -0.4 is 5.32 Å². The van der Waals surface area contributed by atoms with Gasteiger partial charge in [0.1, 0.15) is 0 Å². The number of hydrogen-bond donors (Lipinski definition) is 2. The van der Waals surface area contributed by atoms with E-state index in [-0.39, 0.29) is 12.3 Å². The van der Waals surface area contributed by atoms with Crippen LogP contribution in [0.5, 0.6) is 0 Å². The minimum Gasteiger partial charge on any atom is -0.481 e. The molecule has 0 heterocycles. The Morgan fingerprint density at radius 2 is 2.06 bits per heavy atom. The van der Waals surface area contributed by atoms with E-state index in [4.69, 9.17) is 5.11 Å². The molecule has 0 aromatic rings. The number of carbonyl (C=O) groups excluding carboxylic acids is 1. The summed E-state index contributed by atoms with van der Waals surface area (Å²) >= 11 is 1.50. The van der Waals surface area contributed by atoms with Crippen molar-refractivity contribution in [3.8, 4) is 0 Å². The van der Waals surface area contributed by atoms with Gasteiger partial charge in [-0.3, -0.25) is 9.59 Å². The molecule has 0 fully saturated rings. The number of hydrogen-bond acceptors (Lipinski definition) is 3. The van der Waals surface area contributed by atoms with Crippen LogP contribution in [0.25, 0.3) is 0 Å². The minimum atomic E-state index is -0.745. The van der Waals surface area contributed by atoms with Crippen LogP contribution in [0.4, 0.5) is 0 Å². The fourth-order valence-corrected chi connectivity index (χ4v) is 1.84. The highest BCUT2D eigenvalue weighted by Gasteiger charge is 2.09. The van der Waals surface area contributed by atoms with Crippen LogP contribution in [-0.2, 0) is 9.59 Å². The number of carboxylic acids is 1. The number of amides is 1. The van der Waals surface area contributed by atoms with Gasteiger partial charge in [0.15, 0.2) is 0 Å². The molecule has 1 amide bonds. The van der Waals surface area contributed by atoms with Crippen LogP contribution in [0.3, 0.4) is 0 Å². The lowest BCUT2D eigenvalue weighted by Gasteiger charge is -2.13. The zero-order valence-corrected chi connectivity index (χ0v) is 10.8. The van der Waals surface area contributed by atoms with Gasteiger partial charge in [-0.25, -0.2) is 0 Å². The average Bonchev–Trinajstić information content (AvgIpc) is 2.23. The topological polar surface area (TPSA) is 66.4 Å². The highest BCUT2D eigenvalue weighted by Crippen LogP contribution is 2.14. The van der Waals surface area contributed by atoms with Crippen LogP contribution in [-0.4, -0.2) is 35.5 Å². The average molecular weight is 247 g/mol. The molecule has 0 aromatic carbocycles. The molecular formula is C11H21NO3S. The zero-order valence-electron chi connectivity index (χ0n) is 9.99. The summed E-state index contributed by atoms with van der Waals surface area (Å²) in [5.41, 5.74) is 0. The zero-order chi connectivity index (χ0) is 12.4. The highest BCUT2D eigenvalue weighted by atomic mass is 32.2. The molecule has 2 N–H and O–H groups in total. The summed E-state index contributed by atoms with van der Waals surface area (Å²) in [5, 5.41) is 11.4. The second-order valence-corrected chi connectivity index (χ2v) is 4.64. The number of rotatable bonds is 9. The third-order valence-electron chi connectivity index (χ3n) is 2.49. The van der Waals surface area contributed by atoms with Crippen molar-refractivity contribution in [1.29, 1.82) is 0 Å². The Morgan fingerprint density at radius 1 is 1.38 bits per heavy atom. The lowest BCUT2D eigenvalue weighted by atomic mass is 9.97. The Bertz CT molecular complexity index is 221. The largest absolute Gasteiger partial charge is 0.481 e. The molecule has 5 heteroatoms. The van der Waals surface area contributed by atoms with Gasteiger partial charge in [0.05, 0.1) is 5.75 Å². The predicted octanol–water partition coefficient (Wildman–Crippen LogP) is 1.75. The first kappa shape index (κ1) is 15.3. The van der Waals surface area contributed by atoms with Crippen molar-refractivity contribution in [1.82, 2.24) is 5.32 Å². The summed E-state index contributed by atoms with van der Waals surface area (Å²) < 4.78 is 0. The van der Waals surface area contributed by atoms with Gasteiger partial charge in [0.2, 0.25) is 5.91 Å². The Morgan fingerprint density at radius 3 is 2.56 bits per heavy atom. The van der Waals surface area contributed by atoms with Crippen molar-refractivity contribution >= 4 is 23.6 Å². The normalized spacial score (nSPS) is 12.1. The molecule has 0 aliphatic heterocycles. The molecule has 0 saturated carbocycles. The molecule has 1 atom stereocenters. The Balaban J connectivity index is 3.62. The van der Waals surface area contributed by atoms with E-state index in [9.17, 15) is 9.59 Å². The van der Waals surface area contributed by atoms with Crippen molar-refractivity contribution in [3.63, 3.8) is 0 Å². The molecule has 0 rings (SSSR count). The quantitative estimate of drug-likeness (QED) is 0.651. The summed E-state index contributed by atoms with van der Waals surface area (Å²) in [4.78, 5) is 21.6. The first-order valence-corrected chi connectivity index (χ1v) is 6.97. The van der Waals surface area contributed by atoms with Crippen molar-refractivity contribution in [2.24, 2.45) is 5.92 Å². The first-order chi connectivity index (χ1) is 7.60. The molecule has 0 saturated heterocycles. The van der Waals surface area contributed by atoms with Crippen molar-refractivity contribution < 1.29 is 14.7 Å². The van der Waals surface area contributed by atoms with Crippen LogP contribution in [0.2, 0.25) is 0 Å². The SMILES string of the molecule is CCC(CCNC(=O)CSC)CCC(=O)O. The standard InChI is InChI=1S/C11H21NO3S/c1-3-9(4-5-11(14)15)6-7-12-10(13)8-16-2/h9H,3-8H2,1-2H3,(H,12,13)(H,14,15). The maximum atomic E-state index is 11.2. The van der Waals surface area contributed by atoms with E-state index in [2.05, 4.69) is 12.2 Å². The van der Waals surface area contributed by atoms with Gasteiger partial charge in [-0.1, -0.05) is 13.3 Å². The Kier molecular flexibility index (Phi) is 9.09. The monoisotopic (exact) mass is 247 g/mol. The van der Waals surface area contributed by atoms with Crippen LogP contribution >= 0.6 is 11.8 Å². The van der Waals surface area contributed by atoms with Gasteiger partial charge in [-0.05, 0) is 25.0 Å². The van der Waals surface area contributed by atoms with E-state index >= 15 is 0 Å². The summed E-state index contributed by atoms with van der Waals surface area (Å²) in [6, 6.07) is 0. The maximum absolute atomic E-state index is 11.2. The molecule has 0 spiro atoms. The van der Waals surface area contributed by atoms with Crippen molar-refractivity contribution in [3.05, 3.63) is 0 Å². The number of carbonyl (C=O) groups is 2. The number of thioether (sulfide) groups is 1. The minimum absolute atomic E-state index is 0.0561. The maximum Gasteiger partial charge on any atom is 0.303 e. The fourth-order valence-electron chi connectivity index (χ4n) is 1.48. The smallest absolute Gasteiger partial charge is 0.303 e. The summed E-state index contributed by atoms with van der Waals surface area (Å²) in [7, 11) is 0. The Labute approximate surface area is 101 Å². The molecule has 4 nitrogen and oxygen atoms in total. The number of aliphatic carboxylic acids is 1. The molecular weight excluding hydrogens is 226 g/mol. The number of carboxylic acid groups (broad SMARTS) is 1. The van der Waals surface area contributed by atoms with Crippen LogP contribution in [0.15, 0.2) is 0 Å². The summed E-state index contributed by atoms with van der Waals surface area (Å²) in [5.74, 6) is 0.197. The molecule has 0 radical (unpaired) electrons. The molecule has 16 heavy (non-hydrogen) atoms. The van der Waals surface area contributed by atoms with Crippen LogP contribution in [0.1, 0.15) is 32.6 Å². The van der Waals surface area contributed by atoms with Crippen molar-refractivity contribution in [2.45, 2.75) is 32.6 Å². The number of nitrogens with one attached hydrogen (secondary N) is 1. The van der Waals surface area contributed by atoms with Gasteiger partial charge in [-0.15, -0.1) is 0 Å². The van der Waals surface area contributed by atoms with E-state index in [0.717, 1.165) is 12.8 Å². The predicted molar refractivity (Wildman–Crippen MR) is 66.7 cm³/mol. The third kappa shape index (κ3) is 8.59. The molecule has 0 aliphatic rings. The molecule has 0 aromatic heterocycles. The van der Waals surface area contributed by atoms with E-state index < -0.39 is 5.97 Å². The van der Waals surface area contributed by atoms with Crippen LogP contribution in [0, 0.1) is 5.92 Å². The lowest BCUT2D eigenvalue weighted by molar-refractivity contribution is -0.137. The summed E-state index contributed by atoms with van der Waals surface area (Å²) in [6.45, 7) is 2.70. The molecule has 1 unspecified atom stereocenters. The van der Waals surface area contributed by atoms with E-state index in [0.29, 0.717) is 24.6 Å². The van der Waals surface area contributed by atoms with E-state index in [1.807, 2.05) is 6.26 Å². The van der Waals surface area contributed by atoms with Gasteiger partial charge in [0.25, 0.3) is 0 Å². The molecule has 0 aliphatic carbocycles. The Hall–Kier alpha value is -0.710. The second kappa shape index (κ2) is 9.51. The van der Waals surface area contributed by atoms with Gasteiger partial charge in [0, 0.05) is 13.0 Å². The third-order valence-corrected chi connectivity index (χ3v) is 3.04. The first-order valence-electron chi connectivity index (χ1n) is 5.57. The van der Waals surface area contributed by atoms with Gasteiger partial charge < -0.3 is 10.4 Å². The van der Waals surface area contributed by atoms with Crippen molar-refractivity contribution in [2.75, 3.05) is 18.6 Å². The van der Waals surface area contributed by atoms with Gasteiger partial charge >= 0.3 is 5.97 Å². The highest BCUT2D eigenvalue weighted by molar-refractivity contribution is 7.99. The summed E-state index contributed by atoms with van der Waals surface area (Å²) in [6.07, 6.45) is 4.64. The van der Waals surface area contributed by atoms with Gasteiger partial charge in [-0.2, -0.15) is 11.8 Å². The van der Waals surface area contributed by atoms with E-state index in [1.165, 1.54) is 11.8 Å². The molecule has 94 valence electrons. The second-order valence-electron chi connectivity index (χ2n) is 3.78. The van der Waals surface area contributed by atoms with E-state index in [1.54, 1.807) is 0 Å². The molecule has 0 bridgehead atoms. The lowest BCUT2D eigenvalue weighted by Crippen LogP contribution is -2.27. The fraction of sp³-hybridized carbons (Fsp3) is 0.818.